The fraction of sp³-hybridized carbons (Fsp3) is 0.200. The monoisotopic (exact) mass is 498 g/mol. The molecule has 1 fully saturated rings. The van der Waals surface area contributed by atoms with E-state index in [4.69, 9.17) is 39.8 Å². The molecule has 0 bridgehead atoms. The zero-order chi connectivity index (χ0) is 22.9. The highest BCUT2D eigenvalue weighted by Crippen LogP contribution is 2.38. The van der Waals surface area contributed by atoms with E-state index in [1.165, 1.54) is 6.42 Å². The van der Waals surface area contributed by atoms with Crippen molar-refractivity contribution in [1.82, 2.24) is 19.8 Å². The van der Waals surface area contributed by atoms with Gasteiger partial charge in [0.2, 0.25) is 0 Å². The Hall–Kier alpha value is -2.57. The van der Waals surface area contributed by atoms with Gasteiger partial charge < -0.3 is 0 Å². The molecule has 0 atom stereocenters. The maximum Gasteiger partial charge on any atom is 0.269 e. The Kier molecular flexibility index (Phi) is 6.30. The Labute approximate surface area is 206 Å². The van der Waals surface area contributed by atoms with Crippen LogP contribution in [0.2, 0.25) is 15.1 Å². The summed E-state index contributed by atoms with van der Waals surface area (Å²) in [5, 5.41) is 3.67. The molecule has 8 heteroatoms. The number of carbonyl (C=O) groups excluding carboxylic acids is 1. The first-order valence-electron chi connectivity index (χ1n) is 10.8. The third-order valence-electron chi connectivity index (χ3n) is 5.81. The van der Waals surface area contributed by atoms with Crippen molar-refractivity contribution in [2.24, 2.45) is 0 Å². The Morgan fingerprint density at radius 1 is 0.909 bits per heavy atom. The molecule has 1 amide bonds. The van der Waals surface area contributed by atoms with Crippen molar-refractivity contribution in [3.05, 3.63) is 81.4 Å². The minimum Gasteiger partial charge on any atom is -0.298 e. The highest BCUT2D eigenvalue weighted by molar-refractivity contribution is 6.36. The van der Waals surface area contributed by atoms with Gasteiger partial charge in [-0.15, -0.1) is 0 Å². The minimum atomic E-state index is -0.177. The van der Waals surface area contributed by atoms with Crippen LogP contribution in [0.5, 0.6) is 0 Å². The van der Waals surface area contributed by atoms with Crippen molar-refractivity contribution >= 4 is 46.4 Å². The van der Waals surface area contributed by atoms with Gasteiger partial charge in [0.15, 0.2) is 5.65 Å². The van der Waals surface area contributed by atoms with Crippen LogP contribution in [0.4, 0.5) is 0 Å². The van der Waals surface area contributed by atoms with Crippen LogP contribution >= 0.6 is 34.8 Å². The summed E-state index contributed by atoms with van der Waals surface area (Å²) in [5.41, 5.74) is 7.21. The van der Waals surface area contributed by atoms with Gasteiger partial charge in [0.05, 0.1) is 22.0 Å². The number of rotatable bonds is 4. The number of benzene rings is 2. The second kappa shape index (κ2) is 9.35. The number of carbonyl (C=O) groups is 1. The van der Waals surface area contributed by atoms with E-state index >= 15 is 0 Å². The second-order valence-corrected chi connectivity index (χ2v) is 9.32. The Bertz CT molecular complexity index is 1330. The zero-order valence-electron chi connectivity index (χ0n) is 17.7. The van der Waals surface area contributed by atoms with Crippen molar-refractivity contribution in [2.45, 2.75) is 19.3 Å². The summed E-state index contributed by atoms with van der Waals surface area (Å²) >= 11 is 18.9. The SMILES string of the molecule is O=C(NN1CCCCC1)c1cccn2c(-c3ccc(Cl)cc3Cl)c(-c3ccc(Cl)cc3)nc12. The summed E-state index contributed by atoms with van der Waals surface area (Å²) in [4.78, 5) is 18.1. The van der Waals surface area contributed by atoms with Crippen molar-refractivity contribution in [1.29, 1.82) is 0 Å². The molecule has 0 radical (unpaired) electrons. The maximum absolute atomic E-state index is 13.2. The lowest BCUT2D eigenvalue weighted by Crippen LogP contribution is -2.45. The molecule has 5 nitrogen and oxygen atoms in total. The molecule has 5 rings (SSSR count). The Balaban J connectivity index is 1.68. The fourth-order valence-electron chi connectivity index (χ4n) is 4.20. The molecule has 0 saturated carbocycles. The van der Waals surface area contributed by atoms with Gasteiger partial charge in [-0.3, -0.25) is 14.6 Å². The number of fused-ring (bicyclic) bond motifs is 1. The number of pyridine rings is 1. The van der Waals surface area contributed by atoms with Crippen LogP contribution in [0.15, 0.2) is 60.8 Å². The molecular formula is C25H21Cl3N4O. The van der Waals surface area contributed by atoms with Gasteiger partial charge >= 0.3 is 0 Å². The topological polar surface area (TPSA) is 49.6 Å². The molecule has 2 aromatic heterocycles. The number of piperidine rings is 1. The van der Waals surface area contributed by atoms with E-state index in [0.717, 1.165) is 42.8 Å². The smallest absolute Gasteiger partial charge is 0.269 e. The van der Waals surface area contributed by atoms with Crippen molar-refractivity contribution < 1.29 is 4.79 Å². The number of hydrazine groups is 1. The summed E-state index contributed by atoms with van der Waals surface area (Å²) in [6.07, 6.45) is 5.24. The normalized spacial score (nSPS) is 14.5. The number of hydrogen-bond donors (Lipinski definition) is 1. The molecule has 1 N–H and O–H groups in total. The third-order valence-corrected chi connectivity index (χ3v) is 6.61. The highest BCUT2D eigenvalue weighted by Gasteiger charge is 2.23. The quantitative estimate of drug-likeness (QED) is 0.337. The number of imidazole rings is 1. The number of hydrogen-bond acceptors (Lipinski definition) is 3. The van der Waals surface area contributed by atoms with Crippen LogP contribution < -0.4 is 5.43 Å². The maximum atomic E-state index is 13.2. The molecule has 0 spiro atoms. The largest absolute Gasteiger partial charge is 0.298 e. The molecule has 33 heavy (non-hydrogen) atoms. The Morgan fingerprint density at radius 2 is 1.64 bits per heavy atom. The molecule has 3 heterocycles. The van der Waals surface area contributed by atoms with E-state index < -0.39 is 0 Å². The average molecular weight is 500 g/mol. The molecule has 0 unspecified atom stereocenters. The highest BCUT2D eigenvalue weighted by atomic mass is 35.5. The summed E-state index contributed by atoms with van der Waals surface area (Å²) in [6, 6.07) is 16.5. The van der Waals surface area contributed by atoms with Crippen molar-refractivity contribution in [3.63, 3.8) is 0 Å². The van der Waals surface area contributed by atoms with Gasteiger partial charge in [0, 0.05) is 40.5 Å². The number of aromatic nitrogens is 2. The van der Waals surface area contributed by atoms with Crippen molar-refractivity contribution in [3.8, 4) is 22.5 Å². The minimum absolute atomic E-state index is 0.177. The number of halogens is 3. The number of amides is 1. The van der Waals surface area contributed by atoms with E-state index in [-0.39, 0.29) is 5.91 Å². The predicted molar refractivity (Wildman–Crippen MR) is 134 cm³/mol. The zero-order valence-corrected chi connectivity index (χ0v) is 20.0. The van der Waals surface area contributed by atoms with Crippen molar-refractivity contribution in [2.75, 3.05) is 13.1 Å². The molecule has 4 aromatic rings. The van der Waals surface area contributed by atoms with Crippen LogP contribution in [-0.2, 0) is 0 Å². The second-order valence-electron chi connectivity index (χ2n) is 8.04. The first-order chi connectivity index (χ1) is 16.0. The van der Waals surface area contributed by atoms with Gasteiger partial charge in [-0.25, -0.2) is 9.99 Å². The van der Waals surface area contributed by atoms with E-state index in [9.17, 15) is 4.79 Å². The lowest BCUT2D eigenvalue weighted by atomic mass is 10.0. The third kappa shape index (κ3) is 4.46. The van der Waals surface area contributed by atoms with Gasteiger partial charge in [-0.2, -0.15) is 0 Å². The summed E-state index contributed by atoms with van der Waals surface area (Å²) < 4.78 is 1.91. The first kappa shape index (κ1) is 22.2. The van der Waals surface area contributed by atoms with E-state index in [1.807, 2.05) is 52.0 Å². The summed E-state index contributed by atoms with van der Waals surface area (Å²) in [7, 11) is 0. The van der Waals surface area contributed by atoms with Crippen LogP contribution in [0.1, 0.15) is 29.6 Å². The Morgan fingerprint density at radius 3 is 2.36 bits per heavy atom. The van der Waals surface area contributed by atoms with Gasteiger partial charge in [-0.05, 0) is 55.3 Å². The average Bonchev–Trinajstić information content (AvgIpc) is 3.19. The van der Waals surface area contributed by atoms with E-state index in [1.54, 1.807) is 18.2 Å². The molecule has 1 aliphatic rings. The lowest BCUT2D eigenvalue weighted by molar-refractivity contribution is 0.0751. The fourth-order valence-corrected chi connectivity index (χ4v) is 4.83. The van der Waals surface area contributed by atoms with E-state index in [0.29, 0.717) is 32.0 Å². The van der Waals surface area contributed by atoms with Crippen LogP contribution in [0.3, 0.4) is 0 Å². The van der Waals surface area contributed by atoms with Gasteiger partial charge in [0.1, 0.15) is 0 Å². The lowest BCUT2D eigenvalue weighted by Gasteiger charge is -2.26. The van der Waals surface area contributed by atoms with Crippen LogP contribution in [0, 0.1) is 0 Å². The van der Waals surface area contributed by atoms with E-state index in [2.05, 4.69) is 5.43 Å². The first-order valence-corrected chi connectivity index (χ1v) is 11.9. The predicted octanol–water partition coefficient (Wildman–Crippen LogP) is 6.76. The molecule has 1 saturated heterocycles. The number of nitrogens with zero attached hydrogens (tertiary/aromatic N) is 3. The van der Waals surface area contributed by atoms with Gasteiger partial charge in [-0.1, -0.05) is 53.4 Å². The molecule has 1 aliphatic heterocycles. The molecular weight excluding hydrogens is 479 g/mol. The molecule has 0 aliphatic carbocycles. The van der Waals surface area contributed by atoms with Gasteiger partial charge in [0.25, 0.3) is 5.91 Å². The van der Waals surface area contributed by atoms with Crippen LogP contribution in [-0.4, -0.2) is 33.4 Å². The molecule has 168 valence electrons. The summed E-state index contributed by atoms with van der Waals surface area (Å²) in [6.45, 7) is 1.70. The molecule has 2 aromatic carbocycles. The number of nitrogens with one attached hydrogen (secondary N) is 1. The summed E-state index contributed by atoms with van der Waals surface area (Å²) in [5.74, 6) is -0.177. The van der Waals surface area contributed by atoms with Crippen LogP contribution in [0.25, 0.3) is 28.2 Å². The standard InChI is InChI=1S/C25H21Cl3N4O/c26-17-8-6-16(7-9-17)22-23(19-11-10-18(27)15-21(19)28)32-14-4-5-20(24(32)29-22)25(33)30-31-12-2-1-3-13-31/h4-11,14-15H,1-3,12-13H2,(H,30,33).